The Labute approximate surface area is 89.8 Å². The SMILES string of the molecule is C[C@@H]1[C@H]2C[C@H]([C@@H](S(=O)(=O)[O-])C2=O)C1(C)C. The van der Waals surface area contributed by atoms with Crippen molar-refractivity contribution in [1.82, 2.24) is 0 Å². The fourth-order valence-corrected chi connectivity index (χ4v) is 4.59. The Morgan fingerprint density at radius 3 is 2.33 bits per heavy atom. The number of carbonyl (C=O) groups excluding carboxylic acids is 1. The Kier molecular flexibility index (Phi) is 2.09. The van der Waals surface area contributed by atoms with Gasteiger partial charge >= 0.3 is 0 Å². The number of hydrogen-bond acceptors (Lipinski definition) is 4. The standard InChI is InChI=1S/C10H16O4S/c1-5-6-4-7(10(5,2)3)9(8(6)11)15(12,13)14/h5-7,9H,4H2,1-3H3,(H,12,13,14)/p-1/t5-,6-,7-,9-/m1/s1. The lowest BCUT2D eigenvalue weighted by Gasteiger charge is -2.40. The minimum atomic E-state index is -4.48. The van der Waals surface area contributed by atoms with Crippen molar-refractivity contribution >= 4 is 15.9 Å². The quantitative estimate of drug-likeness (QED) is 0.625. The van der Waals surface area contributed by atoms with E-state index >= 15 is 0 Å². The second-order valence-corrected chi connectivity index (χ2v) is 6.87. The number of ketones is 1. The van der Waals surface area contributed by atoms with Crippen LogP contribution >= 0.6 is 0 Å². The highest BCUT2D eigenvalue weighted by molar-refractivity contribution is 7.87. The average Bonchev–Trinajstić information content (AvgIpc) is 2.48. The van der Waals surface area contributed by atoms with Gasteiger partial charge in [-0.15, -0.1) is 0 Å². The predicted molar refractivity (Wildman–Crippen MR) is 53.0 cm³/mol. The van der Waals surface area contributed by atoms with Gasteiger partial charge in [0.05, 0.1) is 0 Å². The van der Waals surface area contributed by atoms with Crippen LogP contribution in [0.25, 0.3) is 0 Å². The van der Waals surface area contributed by atoms with Crippen LogP contribution in [0.2, 0.25) is 0 Å². The molecule has 2 aliphatic rings. The van der Waals surface area contributed by atoms with Gasteiger partial charge in [0.2, 0.25) is 0 Å². The molecule has 0 aliphatic heterocycles. The lowest BCUT2D eigenvalue weighted by molar-refractivity contribution is -0.125. The molecule has 2 saturated carbocycles. The van der Waals surface area contributed by atoms with Gasteiger partial charge in [0, 0.05) is 5.92 Å². The molecule has 0 heterocycles. The smallest absolute Gasteiger partial charge is 0.153 e. The lowest BCUT2D eigenvalue weighted by atomic mass is 9.69. The molecule has 4 nitrogen and oxygen atoms in total. The van der Waals surface area contributed by atoms with E-state index in [9.17, 15) is 17.8 Å². The molecule has 2 aliphatic carbocycles. The van der Waals surface area contributed by atoms with Crippen LogP contribution < -0.4 is 0 Å². The first-order valence-electron chi connectivity index (χ1n) is 5.16. The third kappa shape index (κ3) is 1.29. The first-order chi connectivity index (χ1) is 6.67. The van der Waals surface area contributed by atoms with E-state index < -0.39 is 15.4 Å². The molecule has 2 fully saturated rings. The lowest BCUT2D eigenvalue weighted by Crippen LogP contribution is -2.46. The molecule has 2 rings (SSSR count). The second kappa shape index (κ2) is 2.83. The summed E-state index contributed by atoms with van der Waals surface area (Å²) in [4.78, 5) is 11.7. The number of Topliss-reactive ketones (excluding diaryl/α,β-unsaturated/α-hetero) is 1. The Morgan fingerprint density at radius 2 is 1.93 bits per heavy atom. The maximum atomic E-state index is 11.7. The summed E-state index contributed by atoms with van der Waals surface area (Å²) >= 11 is 0. The molecule has 15 heavy (non-hydrogen) atoms. The highest BCUT2D eigenvalue weighted by Crippen LogP contribution is 2.58. The summed E-state index contributed by atoms with van der Waals surface area (Å²) in [5, 5.41) is -1.28. The van der Waals surface area contributed by atoms with E-state index in [1.54, 1.807) is 0 Å². The van der Waals surface area contributed by atoms with E-state index in [0.717, 1.165) is 0 Å². The maximum Gasteiger partial charge on any atom is 0.153 e. The van der Waals surface area contributed by atoms with E-state index in [1.807, 2.05) is 20.8 Å². The van der Waals surface area contributed by atoms with Crippen molar-refractivity contribution in [1.29, 1.82) is 0 Å². The highest BCUT2D eigenvalue weighted by Gasteiger charge is 2.61. The van der Waals surface area contributed by atoms with Crippen molar-refractivity contribution < 1.29 is 17.8 Å². The zero-order valence-electron chi connectivity index (χ0n) is 9.06. The van der Waals surface area contributed by atoms with Crippen molar-refractivity contribution in [2.45, 2.75) is 32.4 Å². The van der Waals surface area contributed by atoms with E-state index in [1.165, 1.54) is 0 Å². The highest BCUT2D eigenvalue weighted by atomic mass is 32.2. The van der Waals surface area contributed by atoms with Gasteiger partial charge < -0.3 is 4.55 Å². The van der Waals surface area contributed by atoms with Crippen LogP contribution in [0.4, 0.5) is 0 Å². The van der Waals surface area contributed by atoms with E-state index in [2.05, 4.69) is 0 Å². The van der Waals surface area contributed by atoms with Crippen molar-refractivity contribution in [2.24, 2.45) is 23.2 Å². The van der Waals surface area contributed by atoms with Crippen molar-refractivity contribution in [3.63, 3.8) is 0 Å². The Bertz CT molecular complexity index is 409. The maximum absolute atomic E-state index is 11.7. The molecular weight excluding hydrogens is 216 g/mol. The minimum absolute atomic E-state index is 0.174. The van der Waals surface area contributed by atoms with Crippen LogP contribution in [0.3, 0.4) is 0 Å². The number of rotatable bonds is 1. The van der Waals surface area contributed by atoms with Crippen LogP contribution in [-0.4, -0.2) is 24.0 Å². The third-order valence-electron chi connectivity index (χ3n) is 4.56. The number of carbonyl (C=O) groups is 1. The second-order valence-electron chi connectivity index (χ2n) is 5.37. The van der Waals surface area contributed by atoms with E-state index in [0.29, 0.717) is 6.42 Å². The van der Waals surface area contributed by atoms with Crippen LogP contribution in [0.5, 0.6) is 0 Å². The van der Waals surface area contributed by atoms with E-state index in [-0.39, 0.29) is 29.0 Å². The first kappa shape index (κ1) is 11.1. The summed E-state index contributed by atoms with van der Waals surface area (Å²) in [5.41, 5.74) is -0.222. The molecule has 0 aromatic rings. The Morgan fingerprint density at radius 1 is 1.40 bits per heavy atom. The van der Waals surface area contributed by atoms with Gasteiger partial charge in [-0.1, -0.05) is 20.8 Å². The van der Waals surface area contributed by atoms with Crippen molar-refractivity contribution in [3.05, 3.63) is 0 Å². The molecule has 5 heteroatoms. The molecule has 0 spiro atoms. The molecule has 0 radical (unpaired) electrons. The molecule has 2 bridgehead atoms. The summed E-state index contributed by atoms with van der Waals surface area (Å²) in [7, 11) is -4.48. The largest absolute Gasteiger partial charge is 0.747 e. The summed E-state index contributed by atoms with van der Waals surface area (Å²) in [6.45, 7) is 5.87. The molecule has 0 N–H and O–H groups in total. The molecule has 0 aromatic heterocycles. The fraction of sp³-hybridized carbons (Fsp3) is 0.900. The topological polar surface area (TPSA) is 74.3 Å². The zero-order valence-corrected chi connectivity index (χ0v) is 9.87. The van der Waals surface area contributed by atoms with E-state index in [4.69, 9.17) is 0 Å². The summed E-state index contributed by atoms with van der Waals surface area (Å²) in [5.74, 6) is -0.680. The van der Waals surface area contributed by atoms with Gasteiger partial charge in [-0.3, -0.25) is 4.79 Å². The summed E-state index contributed by atoms with van der Waals surface area (Å²) in [6.07, 6.45) is 0.569. The zero-order chi connectivity index (χ0) is 11.6. The van der Waals surface area contributed by atoms with Crippen LogP contribution in [0.15, 0.2) is 0 Å². The normalized spacial score (nSPS) is 43.6. The predicted octanol–water partition coefficient (Wildman–Crippen LogP) is 0.781. The fourth-order valence-electron chi connectivity index (χ4n) is 3.27. The Balaban J connectivity index is 2.46. The third-order valence-corrected chi connectivity index (χ3v) is 5.75. The molecular formula is C10H15O4S-. The first-order valence-corrected chi connectivity index (χ1v) is 6.63. The average molecular weight is 231 g/mol. The molecule has 0 unspecified atom stereocenters. The monoisotopic (exact) mass is 231 g/mol. The van der Waals surface area contributed by atoms with Crippen LogP contribution in [0, 0.1) is 23.2 Å². The van der Waals surface area contributed by atoms with Gasteiger partial charge in [-0.05, 0) is 23.7 Å². The molecule has 0 saturated heterocycles. The van der Waals surface area contributed by atoms with Crippen LogP contribution in [0.1, 0.15) is 27.2 Å². The van der Waals surface area contributed by atoms with Gasteiger partial charge in [-0.25, -0.2) is 8.42 Å². The van der Waals surface area contributed by atoms with Gasteiger partial charge in [0.25, 0.3) is 0 Å². The van der Waals surface area contributed by atoms with Crippen LogP contribution in [-0.2, 0) is 14.9 Å². The van der Waals surface area contributed by atoms with Crippen molar-refractivity contribution in [3.8, 4) is 0 Å². The van der Waals surface area contributed by atoms with Crippen molar-refractivity contribution in [2.75, 3.05) is 0 Å². The molecule has 0 aromatic carbocycles. The summed E-state index contributed by atoms with van der Waals surface area (Å²) < 4.78 is 33.2. The number of fused-ring (bicyclic) bond motifs is 2. The summed E-state index contributed by atoms with van der Waals surface area (Å²) in [6, 6.07) is 0. The molecule has 4 atom stereocenters. The molecule has 86 valence electrons. The Hall–Kier alpha value is -0.420. The van der Waals surface area contributed by atoms with Gasteiger partial charge in [-0.2, -0.15) is 0 Å². The van der Waals surface area contributed by atoms with Gasteiger partial charge in [0.15, 0.2) is 5.78 Å². The van der Waals surface area contributed by atoms with Gasteiger partial charge in [0.1, 0.15) is 15.4 Å². The minimum Gasteiger partial charge on any atom is -0.747 e. The number of hydrogen-bond donors (Lipinski definition) is 0. The molecule has 0 amide bonds.